The third-order valence-electron chi connectivity index (χ3n) is 2.49. The lowest BCUT2D eigenvalue weighted by atomic mass is 10.1. The molecule has 1 aromatic carbocycles. The molecule has 114 valence electrons. The van der Waals surface area contributed by atoms with E-state index in [0.717, 1.165) is 5.56 Å². The van der Waals surface area contributed by atoms with Crippen LogP contribution in [-0.4, -0.2) is 29.9 Å². The van der Waals surface area contributed by atoms with E-state index in [4.69, 9.17) is 0 Å². The fourth-order valence-electron chi connectivity index (χ4n) is 1.50. The van der Waals surface area contributed by atoms with E-state index in [1.54, 1.807) is 24.3 Å². The third kappa shape index (κ3) is 3.90. The lowest BCUT2D eigenvalue weighted by molar-refractivity contribution is -0.174. The van der Waals surface area contributed by atoms with Gasteiger partial charge in [0.05, 0.1) is 0 Å². The van der Waals surface area contributed by atoms with Crippen LogP contribution in [0.5, 0.6) is 0 Å². The SMILES string of the molecule is CC.Cc1ccc(C2=NC(C(=O)C(F)(F)F)C(=O)O2)cc1. The summed E-state index contributed by atoms with van der Waals surface area (Å²) in [5.41, 5.74) is 1.27. The Balaban J connectivity index is 0.00000106. The number of aliphatic imine (C=N–C) groups is 1. The maximum Gasteiger partial charge on any atom is 0.452 e. The number of halogens is 3. The van der Waals surface area contributed by atoms with Gasteiger partial charge in [-0.25, -0.2) is 9.79 Å². The van der Waals surface area contributed by atoms with Gasteiger partial charge in [0.15, 0.2) is 0 Å². The van der Waals surface area contributed by atoms with E-state index >= 15 is 0 Å². The Hall–Kier alpha value is -2.18. The second kappa shape index (κ2) is 6.51. The number of benzene rings is 1. The Morgan fingerprint density at radius 2 is 1.71 bits per heavy atom. The van der Waals surface area contributed by atoms with Gasteiger partial charge in [0.2, 0.25) is 11.9 Å². The molecule has 0 aromatic heterocycles. The van der Waals surface area contributed by atoms with Crippen LogP contribution < -0.4 is 0 Å². The van der Waals surface area contributed by atoms with Crippen LogP contribution in [0, 0.1) is 6.92 Å². The predicted molar refractivity (Wildman–Crippen MR) is 70.0 cm³/mol. The minimum absolute atomic E-state index is 0.271. The quantitative estimate of drug-likeness (QED) is 0.623. The van der Waals surface area contributed by atoms with Gasteiger partial charge in [-0.3, -0.25) is 4.79 Å². The largest absolute Gasteiger partial charge is 0.452 e. The third-order valence-corrected chi connectivity index (χ3v) is 2.49. The molecule has 0 saturated carbocycles. The molecule has 1 atom stereocenters. The van der Waals surface area contributed by atoms with Crippen molar-refractivity contribution in [3.63, 3.8) is 0 Å². The smallest absolute Gasteiger partial charge is 0.405 e. The molecule has 1 aliphatic rings. The predicted octanol–water partition coefficient (Wildman–Crippen LogP) is 2.82. The van der Waals surface area contributed by atoms with Crippen molar-refractivity contribution < 1.29 is 27.5 Å². The average molecular weight is 301 g/mol. The molecule has 0 fully saturated rings. The molecule has 4 nitrogen and oxygen atoms in total. The fraction of sp³-hybridized carbons (Fsp3) is 0.357. The number of rotatable bonds is 2. The summed E-state index contributed by atoms with van der Waals surface area (Å²) in [5, 5.41) is 0. The molecule has 7 heteroatoms. The molecule has 1 heterocycles. The summed E-state index contributed by atoms with van der Waals surface area (Å²) in [6.07, 6.45) is -5.12. The number of esters is 1. The zero-order valence-electron chi connectivity index (χ0n) is 11.7. The second-order valence-electron chi connectivity index (χ2n) is 3.99. The molecular weight excluding hydrogens is 287 g/mol. The number of Topliss-reactive ketones (excluding diaryl/α,β-unsaturated/α-hetero) is 1. The number of cyclic esters (lactones) is 1. The summed E-state index contributed by atoms with van der Waals surface area (Å²) < 4.78 is 41.3. The highest BCUT2D eigenvalue weighted by Crippen LogP contribution is 2.23. The Morgan fingerprint density at radius 3 is 2.19 bits per heavy atom. The van der Waals surface area contributed by atoms with Crippen LogP contribution in [0.1, 0.15) is 25.0 Å². The summed E-state index contributed by atoms with van der Waals surface area (Å²) >= 11 is 0. The number of carbonyl (C=O) groups excluding carboxylic acids is 2. The van der Waals surface area contributed by atoms with Gasteiger partial charge < -0.3 is 4.74 Å². The number of alkyl halides is 3. The molecule has 0 bridgehead atoms. The van der Waals surface area contributed by atoms with Crippen LogP contribution in [-0.2, 0) is 14.3 Å². The van der Waals surface area contributed by atoms with Gasteiger partial charge in [0.25, 0.3) is 5.78 Å². The van der Waals surface area contributed by atoms with Gasteiger partial charge in [0, 0.05) is 5.56 Å². The number of carbonyl (C=O) groups is 2. The Bertz CT molecular complexity index is 562. The Kier molecular flexibility index (Phi) is 5.23. The van der Waals surface area contributed by atoms with E-state index in [-0.39, 0.29) is 5.90 Å². The highest BCUT2D eigenvalue weighted by atomic mass is 19.4. The highest BCUT2D eigenvalue weighted by Gasteiger charge is 2.49. The van der Waals surface area contributed by atoms with E-state index in [1.807, 2.05) is 20.8 Å². The number of aryl methyl sites for hydroxylation is 1. The Labute approximate surface area is 119 Å². The minimum atomic E-state index is -5.12. The van der Waals surface area contributed by atoms with Gasteiger partial charge in [-0.1, -0.05) is 31.5 Å². The summed E-state index contributed by atoms with van der Waals surface area (Å²) in [5.74, 6) is -3.80. The number of nitrogens with zero attached hydrogens (tertiary/aromatic N) is 1. The van der Waals surface area contributed by atoms with Crippen LogP contribution in [0.3, 0.4) is 0 Å². The molecular formula is C14H14F3NO3. The first-order valence-corrected chi connectivity index (χ1v) is 6.26. The van der Waals surface area contributed by atoms with Crippen LogP contribution in [0.25, 0.3) is 0 Å². The molecule has 0 N–H and O–H groups in total. The van der Waals surface area contributed by atoms with Crippen molar-refractivity contribution >= 4 is 17.7 Å². The molecule has 0 aliphatic carbocycles. The summed E-state index contributed by atoms with van der Waals surface area (Å²) in [7, 11) is 0. The van der Waals surface area contributed by atoms with Crippen molar-refractivity contribution in [1.82, 2.24) is 0 Å². The van der Waals surface area contributed by atoms with E-state index in [1.165, 1.54) is 0 Å². The summed E-state index contributed by atoms with van der Waals surface area (Å²) in [4.78, 5) is 25.6. The van der Waals surface area contributed by atoms with Gasteiger partial charge in [-0.2, -0.15) is 13.2 Å². The molecule has 21 heavy (non-hydrogen) atoms. The van der Waals surface area contributed by atoms with Crippen molar-refractivity contribution in [3.05, 3.63) is 35.4 Å². The van der Waals surface area contributed by atoms with Crippen molar-refractivity contribution in [1.29, 1.82) is 0 Å². The van der Waals surface area contributed by atoms with Crippen LogP contribution in [0.4, 0.5) is 13.2 Å². The maximum atomic E-state index is 12.2. The molecule has 2 rings (SSSR count). The summed E-state index contributed by atoms with van der Waals surface area (Å²) in [6, 6.07) is 4.30. The van der Waals surface area contributed by atoms with Gasteiger partial charge >= 0.3 is 12.1 Å². The van der Waals surface area contributed by atoms with Crippen LogP contribution >= 0.6 is 0 Å². The topological polar surface area (TPSA) is 55.7 Å². The fourth-order valence-corrected chi connectivity index (χ4v) is 1.50. The van der Waals surface area contributed by atoms with E-state index in [9.17, 15) is 22.8 Å². The van der Waals surface area contributed by atoms with Crippen LogP contribution in [0.15, 0.2) is 29.3 Å². The molecule has 1 aliphatic heterocycles. The lowest BCUT2D eigenvalue weighted by Gasteiger charge is -2.05. The highest BCUT2D eigenvalue weighted by molar-refractivity contribution is 6.16. The first-order chi connectivity index (χ1) is 9.79. The number of hydrogen-bond donors (Lipinski definition) is 0. The number of ketones is 1. The maximum absolute atomic E-state index is 12.2. The first-order valence-electron chi connectivity index (χ1n) is 6.26. The standard InChI is InChI=1S/C12H8F3NO3.C2H6/c1-6-2-4-7(5-3-6)10-16-8(11(18)19-10)9(17)12(13,14)15;1-2/h2-5,8H,1H3;1-2H3. The molecule has 0 amide bonds. The zero-order valence-corrected chi connectivity index (χ0v) is 11.7. The van der Waals surface area contributed by atoms with E-state index in [0.29, 0.717) is 5.56 Å². The molecule has 0 saturated heterocycles. The van der Waals surface area contributed by atoms with Gasteiger partial charge in [-0.15, -0.1) is 0 Å². The van der Waals surface area contributed by atoms with Gasteiger partial charge in [-0.05, 0) is 19.1 Å². The van der Waals surface area contributed by atoms with Crippen molar-refractivity contribution in [2.75, 3.05) is 0 Å². The first kappa shape index (κ1) is 16.9. The molecule has 1 unspecified atom stereocenters. The van der Waals surface area contributed by atoms with Crippen molar-refractivity contribution in [2.24, 2.45) is 4.99 Å². The Morgan fingerprint density at radius 1 is 1.19 bits per heavy atom. The number of ether oxygens (including phenoxy) is 1. The minimum Gasteiger partial charge on any atom is -0.405 e. The average Bonchev–Trinajstić information content (AvgIpc) is 2.82. The van der Waals surface area contributed by atoms with Crippen molar-refractivity contribution in [2.45, 2.75) is 33.0 Å². The van der Waals surface area contributed by atoms with Crippen molar-refractivity contribution in [3.8, 4) is 0 Å². The molecule has 0 spiro atoms. The van der Waals surface area contributed by atoms with Gasteiger partial charge in [0.1, 0.15) is 0 Å². The van der Waals surface area contributed by atoms with E-state index < -0.39 is 24.0 Å². The number of hydrogen-bond acceptors (Lipinski definition) is 4. The normalized spacial score (nSPS) is 17.5. The summed E-state index contributed by atoms with van der Waals surface area (Å²) in [6.45, 7) is 5.82. The second-order valence-corrected chi connectivity index (χ2v) is 3.99. The van der Waals surface area contributed by atoms with E-state index in [2.05, 4.69) is 9.73 Å². The zero-order chi connectivity index (χ0) is 16.2. The monoisotopic (exact) mass is 301 g/mol. The molecule has 1 aromatic rings. The lowest BCUT2D eigenvalue weighted by Crippen LogP contribution is -2.36. The molecule has 0 radical (unpaired) electrons. The van der Waals surface area contributed by atoms with Crippen LogP contribution in [0.2, 0.25) is 0 Å².